The maximum Gasteiger partial charge on any atom is 0.254 e. The Bertz CT molecular complexity index is 490. The second-order valence-electron chi connectivity index (χ2n) is 4.44. The minimum absolute atomic E-state index is 0.0953. The first-order chi connectivity index (χ1) is 9.20. The molecule has 2 rings (SSSR count). The number of hydrogen-bond acceptors (Lipinski definition) is 4. The van der Waals surface area contributed by atoms with Gasteiger partial charge in [0.15, 0.2) is 6.10 Å². The van der Waals surface area contributed by atoms with Crippen molar-refractivity contribution in [3.8, 4) is 6.07 Å². The van der Waals surface area contributed by atoms with Gasteiger partial charge in [0.1, 0.15) is 0 Å². The zero-order valence-corrected chi connectivity index (χ0v) is 10.8. The number of amides is 1. The zero-order chi connectivity index (χ0) is 13.7. The van der Waals surface area contributed by atoms with E-state index in [9.17, 15) is 4.79 Å². The molecule has 1 atom stereocenters. The summed E-state index contributed by atoms with van der Waals surface area (Å²) in [4.78, 5) is 13.7. The van der Waals surface area contributed by atoms with Crippen LogP contribution in [0, 0.1) is 11.3 Å². The monoisotopic (exact) mass is 260 g/mol. The molecular weight excluding hydrogens is 244 g/mol. The lowest BCUT2D eigenvalue weighted by atomic mass is 10.1. The van der Waals surface area contributed by atoms with Gasteiger partial charge >= 0.3 is 0 Å². The van der Waals surface area contributed by atoms with Crippen LogP contribution in [0.1, 0.15) is 11.1 Å². The maximum absolute atomic E-state index is 12.1. The second kappa shape index (κ2) is 6.32. The Balaban J connectivity index is 1.97. The Kier molecular flexibility index (Phi) is 4.50. The number of carbonyl (C=O) groups is 1. The molecule has 19 heavy (non-hydrogen) atoms. The summed E-state index contributed by atoms with van der Waals surface area (Å²) in [6.07, 6.45) is -0.516. The third kappa shape index (κ3) is 3.53. The summed E-state index contributed by atoms with van der Waals surface area (Å²) in [7, 11) is 1.72. The molecule has 0 spiro atoms. The molecule has 1 aromatic rings. The predicted octanol–water partition coefficient (Wildman–Crippen LogP) is 0.932. The number of hydrogen-bond donors (Lipinski definition) is 0. The molecule has 1 amide bonds. The summed E-state index contributed by atoms with van der Waals surface area (Å²) in [6, 6.07) is 9.31. The van der Waals surface area contributed by atoms with Gasteiger partial charge in [-0.25, -0.2) is 0 Å². The molecule has 0 N–H and O–H groups in total. The highest BCUT2D eigenvalue weighted by Crippen LogP contribution is 2.10. The first kappa shape index (κ1) is 13.5. The van der Waals surface area contributed by atoms with Gasteiger partial charge in [-0.05, 0) is 17.7 Å². The number of carbonyl (C=O) groups excluding carboxylic acids is 1. The molecule has 1 saturated heterocycles. The lowest BCUT2D eigenvalue weighted by Gasteiger charge is -2.26. The van der Waals surface area contributed by atoms with E-state index in [1.807, 2.05) is 12.1 Å². The van der Waals surface area contributed by atoms with Crippen molar-refractivity contribution in [3.63, 3.8) is 0 Å². The molecule has 100 valence electrons. The van der Waals surface area contributed by atoms with Gasteiger partial charge in [0.25, 0.3) is 5.91 Å². The number of rotatable bonds is 3. The van der Waals surface area contributed by atoms with Gasteiger partial charge in [-0.1, -0.05) is 12.1 Å². The molecule has 0 aliphatic carbocycles. The molecule has 0 aromatic heterocycles. The lowest BCUT2D eigenvalue weighted by molar-refractivity contribution is -0.157. The average Bonchev–Trinajstić information content (AvgIpc) is 2.47. The Morgan fingerprint density at radius 3 is 3.05 bits per heavy atom. The van der Waals surface area contributed by atoms with Gasteiger partial charge in [-0.15, -0.1) is 0 Å². The molecule has 0 radical (unpaired) electrons. The number of nitriles is 1. The number of ether oxygens (including phenoxy) is 2. The first-order valence-electron chi connectivity index (χ1n) is 6.14. The van der Waals surface area contributed by atoms with Crippen molar-refractivity contribution in [3.05, 3.63) is 35.4 Å². The van der Waals surface area contributed by atoms with Gasteiger partial charge < -0.3 is 14.4 Å². The van der Waals surface area contributed by atoms with Crippen molar-refractivity contribution in [1.29, 1.82) is 5.26 Å². The van der Waals surface area contributed by atoms with E-state index >= 15 is 0 Å². The van der Waals surface area contributed by atoms with Crippen molar-refractivity contribution in [2.75, 3.05) is 26.9 Å². The molecule has 0 bridgehead atoms. The number of benzene rings is 1. The van der Waals surface area contributed by atoms with Crippen LogP contribution in [0.2, 0.25) is 0 Å². The fourth-order valence-corrected chi connectivity index (χ4v) is 1.97. The highest BCUT2D eigenvalue weighted by Gasteiger charge is 2.25. The van der Waals surface area contributed by atoms with E-state index in [1.165, 1.54) is 0 Å². The van der Waals surface area contributed by atoms with E-state index < -0.39 is 6.10 Å². The minimum Gasteiger partial charge on any atom is -0.376 e. The Morgan fingerprint density at radius 1 is 1.53 bits per heavy atom. The third-order valence-electron chi connectivity index (χ3n) is 2.94. The summed E-state index contributed by atoms with van der Waals surface area (Å²) in [5.74, 6) is -0.0953. The highest BCUT2D eigenvalue weighted by atomic mass is 16.6. The van der Waals surface area contributed by atoms with Crippen molar-refractivity contribution < 1.29 is 14.3 Å². The predicted molar refractivity (Wildman–Crippen MR) is 68.2 cm³/mol. The van der Waals surface area contributed by atoms with Crippen LogP contribution in [0.5, 0.6) is 0 Å². The Labute approximate surface area is 112 Å². The van der Waals surface area contributed by atoms with Gasteiger partial charge in [0.05, 0.1) is 31.5 Å². The second-order valence-corrected chi connectivity index (χ2v) is 4.44. The van der Waals surface area contributed by atoms with Crippen LogP contribution in [-0.2, 0) is 20.8 Å². The molecule has 1 unspecified atom stereocenters. The third-order valence-corrected chi connectivity index (χ3v) is 2.94. The zero-order valence-electron chi connectivity index (χ0n) is 10.8. The normalized spacial score (nSPS) is 18.6. The molecule has 1 aliphatic rings. The van der Waals surface area contributed by atoms with Crippen molar-refractivity contribution >= 4 is 5.91 Å². The smallest absolute Gasteiger partial charge is 0.254 e. The molecule has 0 saturated carbocycles. The number of nitrogens with zero attached hydrogens (tertiary/aromatic N) is 2. The Hall–Kier alpha value is -1.90. The van der Waals surface area contributed by atoms with Gasteiger partial charge in [0, 0.05) is 13.6 Å². The van der Waals surface area contributed by atoms with Crippen LogP contribution in [0.3, 0.4) is 0 Å². The van der Waals surface area contributed by atoms with Crippen LogP contribution >= 0.6 is 0 Å². The van der Waals surface area contributed by atoms with Crippen molar-refractivity contribution in [1.82, 2.24) is 4.90 Å². The quantitative estimate of drug-likeness (QED) is 0.811. The fourth-order valence-electron chi connectivity index (χ4n) is 1.97. The summed E-state index contributed by atoms with van der Waals surface area (Å²) < 4.78 is 10.6. The molecular formula is C14H16N2O3. The van der Waals surface area contributed by atoms with E-state index in [0.29, 0.717) is 31.9 Å². The summed E-state index contributed by atoms with van der Waals surface area (Å²) in [6.45, 7) is 1.75. The molecule has 5 nitrogen and oxygen atoms in total. The molecule has 1 aromatic carbocycles. The van der Waals surface area contributed by atoms with Gasteiger partial charge in [-0.2, -0.15) is 5.26 Å². The summed E-state index contributed by atoms with van der Waals surface area (Å²) in [5.41, 5.74) is 1.52. The highest BCUT2D eigenvalue weighted by molar-refractivity contribution is 5.80. The van der Waals surface area contributed by atoms with E-state index in [-0.39, 0.29) is 5.91 Å². The Morgan fingerprint density at radius 2 is 2.37 bits per heavy atom. The van der Waals surface area contributed by atoms with Crippen molar-refractivity contribution in [2.24, 2.45) is 0 Å². The van der Waals surface area contributed by atoms with Crippen LogP contribution in [0.4, 0.5) is 0 Å². The van der Waals surface area contributed by atoms with Crippen LogP contribution in [-0.4, -0.2) is 43.8 Å². The van der Waals surface area contributed by atoms with Gasteiger partial charge in [0.2, 0.25) is 0 Å². The average molecular weight is 260 g/mol. The lowest BCUT2D eigenvalue weighted by Crippen LogP contribution is -2.43. The van der Waals surface area contributed by atoms with E-state index in [4.69, 9.17) is 14.7 Å². The summed E-state index contributed by atoms with van der Waals surface area (Å²) in [5, 5.41) is 8.84. The van der Waals surface area contributed by atoms with Crippen LogP contribution in [0.25, 0.3) is 0 Å². The molecule has 1 fully saturated rings. The van der Waals surface area contributed by atoms with E-state index in [2.05, 4.69) is 6.07 Å². The van der Waals surface area contributed by atoms with E-state index in [0.717, 1.165) is 5.56 Å². The fraction of sp³-hybridized carbons (Fsp3) is 0.429. The molecule has 5 heteroatoms. The summed E-state index contributed by atoms with van der Waals surface area (Å²) >= 11 is 0. The molecule has 1 heterocycles. The van der Waals surface area contributed by atoms with Gasteiger partial charge in [-0.3, -0.25) is 4.79 Å². The first-order valence-corrected chi connectivity index (χ1v) is 6.14. The maximum atomic E-state index is 12.1. The van der Waals surface area contributed by atoms with Crippen molar-refractivity contribution in [2.45, 2.75) is 12.6 Å². The standard InChI is InChI=1S/C14H16N2O3/c1-16(14(17)13-10-18-5-6-19-13)9-12-4-2-3-11(7-12)8-15/h2-4,7,13H,5-6,9-10H2,1H3. The number of likely N-dealkylation sites (N-methyl/N-ethyl adjacent to an activating group) is 1. The molecule has 1 aliphatic heterocycles. The topological polar surface area (TPSA) is 62.6 Å². The van der Waals surface area contributed by atoms with E-state index in [1.54, 1.807) is 24.1 Å². The van der Waals surface area contributed by atoms with Crippen LogP contribution < -0.4 is 0 Å². The minimum atomic E-state index is -0.516. The van der Waals surface area contributed by atoms with Crippen LogP contribution in [0.15, 0.2) is 24.3 Å². The largest absolute Gasteiger partial charge is 0.376 e. The SMILES string of the molecule is CN(Cc1cccc(C#N)c1)C(=O)C1COCCO1.